The summed E-state index contributed by atoms with van der Waals surface area (Å²) >= 11 is 9.50. The molecule has 0 saturated carbocycles. The molecule has 2 aromatic carbocycles. The number of ether oxygens (including phenoxy) is 1. The maximum atomic E-state index is 13.6. The van der Waals surface area contributed by atoms with Gasteiger partial charge in [-0.2, -0.15) is 0 Å². The van der Waals surface area contributed by atoms with E-state index in [1.807, 2.05) is 24.3 Å². The molecule has 0 bridgehead atoms. The van der Waals surface area contributed by atoms with E-state index in [0.29, 0.717) is 11.4 Å². The van der Waals surface area contributed by atoms with E-state index in [1.54, 1.807) is 6.07 Å². The van der Waals surface area contributed by atoms with Crippen molar-refractivity contribution in [3.05, 3.63) is 62.8 Å². The largest absolute Gasteiger partial charge is 0.494 e. The van der Waals surface area contributed by atoms with Gasteiger partial charge in [0.15, 0.2) is 11.6 Å². The Bertz CT molecular complexity index is 572. The number of methoxy groups -OCH3 is 1. The van der Waals surface area contributed by atoms with Crippen LogP contribution in [0.5, 0.6) is 5.75 Å². The van der Waals surface area contributed by atoms with Crippen LogP contribution in [0, 0.1) is 5.82 Å². The first-order valence-electron chi connectivity index (χ1n) is 5.36. The molecule has 0 atom stereocenters. The zero-order valence-corrected chi connectivity index (χ0v) is 12.1. The molecular formula is C14H11BrClFO. The number of rotatable bonds is 3. The lowest BCUT2D eigenvalue weighted by atomic mass is 10.0. The standard InChI is InChI=1S/C14H11BrClFO/c1-18-14-5-2-9(7-13(14)17)6-10-8-11(15)3-4-12(10)16/h2-5,7-8H,6H2,1H3. The first kappa shape index (κ1) is 13.4. The van der Waals surface area contributed by atoms with Gasteiger partial charge in [0.1, 0.15) is 0 Å². The molecule has 0 spiro atoms. The molecule has 0 aliphatic heterocycles. The van der Waals surface area contributed by atoms with Crippen LogP contribution in [0.4, 0.5) is 4.39 Å². The van der Waals surface area contributed by atoms with Crippen molar-refractivity contribution in [1.82, 2.24) is 0 Å². The summed E-state index contributed by atoms with van der Waals surface area (Å²) in [7, 11) is 1.45. The summed E-state index contributed by atoms with van der Waals surface area (Å²) in [6.45, 7) is 0. The lowest BCUT2D eigenvalue weighted by Crippen LogP contribution is -1.93. The maximum absolute atomic E-state index is 13.6. The molecule has 0 saturated heterocycles. The third-order valence-electron chi connectivity index (χ3n) is 2.62. The van der Waals surface area contributed by atoms with Crippen molar-refractivity contribution >= 4 is 27.5 Å². The second kappa shape index (κ2) is 5.72. The molecule has 2 aromatic rings. The topological polar surface area (TPSA) is 9.23 Å². The summed E-state index contributed by atoms with van der Waals surface area (Å²) in [5.74, 6) is -0.111. The highest BCUT2D eigenvalue weighted by Crippen LogP contribution is 2.25. The highest BCUT2D eigenvalue weighted by Gasteiger charge is 2.06. The lowest BCUT2D eigenvalue weighted by Gasteiger charge is -2.07. The monoisotopic (exact) mass is 328 g/mol. The van der Waals surface area contributed by atoms with Gasteiger partial charge in [-0.15, -0.1) is 0 Å². The fourth-order valence-electron chi connectivity index (χ4n) is 1.72. The average Bonchev–Trinajstić information content (AvgIpc) is 2.34. The zero-order valence-electron chi connectivity index (χ0n) is 9.71. The van der Waals surface area contributed by atoms with Crippen LogP contribution < -0.4 is 4.74 Å². The molecule has 0 aromatic heterocycles. The van der Waals surface area contributed by atoms with Crippen LogP contribution in [-0.2, 0) is 6.42 Å². The molecule has 0 amide bonds. The first-order chi connectivity index (χ1) is 8.60. The number of halogens is 3. The van der Waals surface area contributed by atoms with Crippen molar-refractivity contribution in [2.75, 3.05) is 7.11 Å². The van der Waals surface area contributed by atoms with Crippen molar-refractivity contribution in [2.24, 2.45) is 0 Å². The Labute approximate surface area is 119 Å². The van der Waals surface area contributed by atoms with Crippen molar-refractivity contribution in [3.8, 4) is 5.75 Å². The number of hydrogen-bond donors (Lipinski definition) is 0. The molecular weight excluding hydrogens is 319 g/mol. The molecule has 0 N–H and O–H groups in total. The minimum Gasteiger partial charge on any atom is -0.494 e. The molecule has 0 fully saturated rings. The van der Waals surface area contributed by atoms with E-state index in [4.69, 9.17) is 16.3 Å². The lowest BCUT2D eigenvalue weighted by molar-refractivity contribution is 0.386. The summed E-state index contributed by atoms with van der Waals surface area (Å²) < 4.78 is 19.4. The Morgan fingerprint density at radius 3 is 2.67 bits per heavy atom. The second-order valence-corrected chi connectivity index (χ2v) is 5.20. The quantitative estimate of drug-likeness (QED) is 0.783. The van der Waals surface area contributed by atoms with Crippen LogP contribution in [0.1, 0.15) is 11.1 Å². The molecule has 0 aliphatic rings. The number of benzene rings is 2. The highest BCUT2D eigenvalue weighted by atomic mass is 79.9. The Hall–Kier alpha value is -1.06. The van der Waals surface area contributed by atoms with E-state index in [2.05, 4.69) is 15.9 Å². The van der Waals surface area contributed by atoms with Crippen LogP contribution in [0.2, 0.25) is 5.02 Å². The fourth-order valence-corrected chi connectivity index (χ4v) is 2.31. The average molecular weight is 330 g/mol. The van der Waals surface area contributed by atoms with Crippen LogP contribution in [0.25, 0.3) is 0 Å². The Balaban J connectivity index is 2.28. The smallest absolute Gasteiger partial charge is 0.165 e. The van der Waals surface area contributed by atoms with Crippen molar-refractivity contribution < 1.29 is 9.13 Å². The summed E-state index contributed by atoms with van der Waals surface area (Å²) in [6.07, 6.45) is 0.583. The van der Waals surface area contributed by atoms with Gasteiger partial charge in [0, 0.05) is 9.50 Å². The summed E-state index contributed by atoms with van der Waals surface area (Å²) in [5, 5.41) is 0.675. The van der Waals surface area contributed by atoms with Crippen LogP contribution in [0.3, 0.4) is 0 Å². The minimum atomic E-state index is -0.360. The highest BCUT2D eigenvalue weighted by molar-refractivity contribution is 9.10. The predicted molar refractivity (Wildman–Crippen MR) is 74.9 cm³/mol. The van der Waals surface area contributed by atoms with Crippen LogP contribution in [-0.4, -0.2) is 7.11 Å². The van der Waals surface area contributed by atoms with E-state index in [-0.39, 0.29) is 11.6 Å². The van der Waals surface area contributed by atoms with E-state index in [1.165, 1.54) is 13.2 Å². The van der Waals surface area contributed by atoms with Gasteiger partial charge in [0.05, 0.1) is 7.11 Å². The van der Waals surface area contributed by atoms with E-state index in [9.17, 15) is 4.39 Å². The van der Waals surface area contributed by atoms with Gasteiger partial charge in [-0.3, -0.25) is 0 Å². The van der Waals surface area contributed by atoms with Crippen LogP contribution >= 0.6 is 27.5 Å². The molecule has 94 valence electrons. The van der Waals surface area contributed by atoms with Crippen molar-refractivity contribution in [2.45, 2.75) is 6.42 Å². The van der Waals surface area contributed by atoms with Gasteiger partial charge in [-0.05, 0) is 47.9 Å². The molecule has 2 rings (SSSR count). The van der Waals surface area contributed by atoms with E-state index >= 15 is 0 Å². The summed E-state index contributed by atoms with van der Waals surface area (Å²) in [4.78, 5) is 0. The predicted octanol–water partition coefficient (Wildman–Crippen LogP) is 4.84. The van der Waals surface area contributed by atoms with Gasteiger partial charge in [0.2, 0.25) is 0 Å². The van der Waals surface area contributed by atoms with Gasteiger partial charge in [-0.1, -0.05) is 33.6 Å². The van der Waals surface area contributed by atoms with Crippen LogP contribution in [0.15, 0.2) is 40.9 Å². The summed E-state index contributed by atoms with van der Waals surface area (Å²) in [6, 6.07) is 10.6. The van der Waals surface area contributed by atoms with Gasteiger partial charge < -0.3 is 4.74 Å². The molecule has 1 nitrogen and oxygen atoms in total. The van der Waals surface area contributed by atoms with E-state index in [0.717, 1.165) is 15.6 Å². The minimum absolute atomic E-state index is 0.249. The van der Waals surface area contributed by atoms with Gasteiger partial charge in [0.25, 0.3) is 0 Å². The van der Waals surface area contributed by atoms with E-state index < -0.39 is 0 Å². The van der Waals surface area contributed by atoms with Crippen molar-refractivity contribution in [1.29, 1.82) is 0 Å². The summed E-state index contributed by atoms with van der Waals surface area (Å²) in [5.41, 5.74) is 1.81. The van der Waals surface area contributed by atoms with Gasteiger partial charge in [-0.25, -0.2) is 4.39 Å². The molecule has 18 heavy (non-hydrogen) atoms. The Morgan fingerprint density at radius 1 is 1.22 bits per heavy atom. The number of hydrogen-bond acceptors (Lipinski definition) is 1. The normalized spacial score (nSPS) is 10.4. The molecule has 4 heteroatoms. The molecule has 0 heterocycles. The van der Waals surface area contributed by atoms with Gasteiger partial charge >= 0.3 is 0 Å². The third-order valence-corrected chi connectivity index (χ3v) is 3.48. The Kier molecular flexibility index (Phi) is 4.25. The first-order valence-corrected chi connectivity index (χ1v) is 6.53. The third kappa shape index (κ3) is 3.03. The molecule has 0 radical (unpaired) electrons. The molecule has 0 aliphatic carbocycles. The zero-order chi connectivity index (χ0) is 13.1. The SMILES string of the molecule is COc1ccc(Cc2cc(Br)ccc2Cl)cc1F. The Morgan fingerprint density at radius 2 is 2.00 bits per heavy atom. The maximum Gasteiger partial charge on any atom is 0.165 e. The fraction of sp³-hybridized carbons (Fsp3) is 0.143. The molecule has 0 unspecified atom stereocenters. The van der Waals surface area contributed by atoms with Crippen molar-refractivity contribution in [3.63, 3.8) is 0 Å². The second-order valence-electron chi connectivity index (χ2n) is 3.88.